The molecular formula is C27H16ClF5N2O9S2. The number of ether oxygens (including phenoxy) is 1. The number of phenols is 1. The zero-order chi connectivity index (χ0) is 34.2. The molecule has 0 aliphatic rings. The Morgan fingerprint density at radius 3 is 1.89 bits per heavy atom. The highest BCUT2D eigenvalue weighted by molar-refractivity contribution is 7.93. The molecule has 0 aliphatic heterocycles. The van der Waals surface area contributed by atoms with Crippen LogP contribution in [0.4, 0.5) is 33.3 Å². The number of alkyl halides is 3. The van der Waals surface area contributed by atoms with E-state index in [1.54, 1.807) is 0 Å². The van der Waals surface area contributed by atoms with Gasteiger partial charge in [-0.3, -0.25) is 9.44 Å². The van der Waals surface area contributed by atoms with Gasteiger partial charge in [0.2, 0.25) is 0 Å². The van der Waals surface area contributed by atoms with E-state index in [1.165, 1.54) is 0 Å². The number of esters is 1. The van der Waals surface area contributed by atoms with Gasteiger partial charge in [-0.2, -0.15) is 13.2 Å². The number of hydrogen-bond donors (Lipinski definition) is 4. The molecule has 19 heteroatoms. The number of carboxylic acids is 1. The highest BCUT2D eigenvalue weighted by Crippen LogP contribution is 2.38. The number of phenolic OH excluding ortho intramolecular Hbond substituents is 1. The van der Waals surface area contributed by atoms with Crippen molar-refractivity contribution in [1.29, 1.82) is 0 Å². The Labute approximate surface area is 260 Å². The third-order valence-electron chi connectivity index (χ3n) is 5.94. The number of carboxylic acid groups (broad SMARTS) is 1. The largest absolute Gasteiger partial charge is 0.505 e. The molecule has 0 unspecified atom stereocenters. The quantitative estimate of drug-likeness (QED) is 0.0719. The molecule has 0 saturated heterocycles. The molecule has 11 nitrogen and oxygen atoms in total. The molecule has 0 bridgehead atoms. The summed E-state index contributed by atoms with van der Waals surface area (Å²) in [6.07, 6.45) is -5.04. The van der Waals surface area contributed by atoms with E-state index in [-0.39, 0.29) is 6.07 Å². The summed E-state index contributed by atoms with van der Waals surface area (Å²) in [4.78, 5) is 23.3. The fourth-order valence-electron chi connectivity index (χ4n) is 3.77. The Bertz CT molecular complexity index is 2110. The van der Waals surface area contributed by atoms with Gasteiger partial charge >= 0.3 is 18.1 Å². The molecule has 46 heavy (non-hydrogen) atoms. The predicted octanol–water partition coefficient (Wildman–Crippen LogP) is 5.86. The first-order valence-electron chi connectivity index (χ1n) is 12.1. The zero-order valence-electron chi connectivity index (χ0n) is 22.3. The molecule has 4 aromatic rings. The smallest absolute Gasteiger partial charge is 0.417 e. The van der Waals surface area contributed by atoms with E-state index in [2.05, 4.69) is 0 Å². The molecule has 0 aliphatic carbocycles. The number of carbonyl (C=O) groups is 2. The second-order valence-corrected chi connectivity index (χ2v) is 12.8. The van der Waals surface area contributed by atoms with Crippen molar-refractivity contribution in [3.63, 3.8) is 0 Å². The number of para-hydroxylation sites is 2. The van der Waals surface area contributed by atoms with Gasteiger partial charge < -0.3 is 14.9 Å². The minimum absolute atomic E-state index is 0.225. The fourth-order valence-corrected chi connectivity index (χ4v) is 6.17. The molecule has 0 radical (unpaired) electrons. The summed E-state index contributed by atoms with van der Waals surface area (Å²) in [5.74, 6) is -8.16. The maximum atomic E-state index is 13.6. The summed E-state index contributed by atoms with van der Waals surface area (Å²) in [5, 5.41) is 19.5. The van der Waals surface area contributed by atoms with Gasteiger partial charge in [-0.1, -0.05) is 23.7 Å². The van der Waals surface area contributed by atoms with Crippen LogP contribution in [-0.4, -0.2) is 39.0 Å². The van der Waals surface area contributed by atoms with Crippen molar-refractivity contribution >= 4 is 55.0 Å². The molecule has 0 spiro atoms. The first-order chi connectivity index (χ1) is 21.3. The number of sulfonamides is 2. The van der Waals surface area contributed by atoms with Gasteiger partial charge in [-0.15, -0.1) is 0 Å². The lowest BCUT2D eigenvalue weighted by Crippen LogP contribution is -2.18. The predicted molar refractivity (Wildman–Crippen MR) is 151 cm³/mol. The number of benzene rings is 4. The van der Waals surface area contributed by atoms with E-state index in [1.807, 2.05) is 9.44 Å². The Balaban J connectivity index is 1.69. The van der Waals surface area contributed by atoms with E-state index in [9.17, 15) is 58.6 Å². The van der Waals surface area contributed by atoms with Crippen LogP contribution in [0.2, 0.25) is 5.02 Å². The van der Waals surface area contributed by atoms with Crippen molar-refractivity contribution < 1.29 is 63.3 Å². The van der Waals surface area contributed by atoms with Crippen LogP contribution in [0, 0.1) is 11.6 Å². The molecule has 0 saturated carbocycles. The first kappa shape index (κ1) is 33.9. The summed E-state index contributed by atoms with van der Waals surface area (Å²) in [6, 6.07) is 8.98. The van der Waals surface area contributed by atoms with Crippen molar-refractivity contribution in [2.24, 2.45) is 0 Å². The standard InChI is InChI=1S/C27H16ClF5N2O9S2/c28-18-9-7-13(11-17(18)27(31,32)33)45(40,41)35-22-6-2-4-16(25(37)38)24(22)44-26(39)15-3-1-5-21(23(15)36)34-46(42,43)14-8-10-19(29)20(30)12-14/h1-12,34-36H,(H,37,38). The fraction of sp³-hybridized carbons (Fsp3) is 0.0370. The van der Waals surface area contributed by atoms with Gasteiger partial charge in [0.1, 0.15) is 11.1 Å². The SMILES string of the molecule is O=C(Oc1c(NS(=O)(=O)c2ccc(Cl)c(C(F)(F)F)c2)cccc1C(=O)O)c1cccc(NS(=O)(=O)c2ccc(F)c(F)c2)c1O. The topological polar surface area (TPSA) is 176 Å². The summed E-state index contributed by atoms with van der Waals surface area (Å²) in [6.45, 7) is 0. The number of anilines is 2. The lowest BCUT2D eigenvalue weighted by molar-refractivity contribution is -0.137. The Morgan fingerprint density at radius 1 is 0.761 bits per heavy atom. The molecule has 0 atom stereocenters. The van der Waals surface area contributed by atoms with E-state index in [4.69, 9.17) is 16.3 Å². The van der Waals surface area contributed by atoms with Crippen LogP contribution in [0.3, 0.4) is 0 Å². The minimum atomic E-state index is -5.04. The monoisotopic (exact) mass is 706 g/mol. The average Bonchev–Trinajstić information content (AvgIpc) is 2.95. The lowest BCUT2D eigenvalue weighted by atomic mass is 10.1. The lowest BCUT2D eigenvalue weighted by Gasteiger charge is -2.17. The van der Waals surface area contributed by atoms with Crippen LogP contribution in [0.25, 0.3) is 0 Å². The molecule has 0 amide bonds. The molecular weight excluding hydrogens is 691 g/mol. The van der Waals surface area contributed by atoms with Crippen LogP contribution in [0.15, 0.2) is 82.6 Å². The van der Waals surface area contributed by atoms with Crippen LogP contribution in [-0.2, 0) is 26.2 Å². The van der Waals surface area contributed by atoms with Crippen molar-refractivity contribution in [2.75, 3.05) is 9.44 Å². The minimum Gasteiger partial charge on any atom is -0.505 e. The first-order valence-corrected chi connectivity index (χ1v) is 15.4. The van der Waals surface area contributed by atoms with Gasteiger partial charge in [0.15, 0.2) is 23.1 Å². The molecule has 0 aromatic heterocycles. The number of rotatable bonds is 9. The second-order valence-electron chi connectivity index (χ2n) is 9.00. The van der Waals surface area contributed by atoms with E-state index in [0.717, 1.165) is 48.5 Å². The average molecular weight is 707 g/mol. The van der Waals surface area contributed by atoms with Crippen molar-refractivity contribution in [2.45, 2.75) is 16.0 Å². The van der Waals surface area contributed by atoms with Crippen molar-refractivity contribution in [3.05, 3.63) is 106 Å². The second kappa shape index (κ2) is 12.5. The number of nitrogens with one attached hydrogen (secondary N) is 2. The third kappa shape index (κ3) is 7.13. The molecule has 4 aromatic carbocycles. The number of aromatic hydroxyl groups is 1. The molecule has 4 N–H and O–H groups in total. The maximum Gasteiger partial charge on any atom is 0.417 e. The Hall–Kier alpha value is -4.94. The molecule has 0 heterocycles. The van der Waals surface area contributed by atoms with Gasteiger partial charge in [0, 0.05) is 0 Å². The van der Waals surface area contributed by atoms with Gasteiger partial charge in [0.05, 0.1) is 31.8 Å². The highest BCUT2D eigenvalue weighted by atomic mass is 35.5. The maximum absolute atomic E-state index is 13.6. The van der Waals surface area contributed by atoms with Crippen molar-refractivity contribution in [3.8, 4) is 11.5 Å². The summed E-state index contributed by atoms with van der Waals surface area (Å²) >= 11 is 5.54. The van der Waals surface area contributed by atoms with Crippen LogP contribution >= 0.6 is 11.6 Å². The van der Waals surface area contributed by atoms with Crippen LogP contribution < -0.4 is 14.2 Å². The third-order valence-corrected chi connectivity index (χ3v) is 9.00. The van der Waals surface area contributed by atoms with E-state index in [0.29, 0.717) is 18.2 Å². The van der Waals surface area contributed by atoms with Gasteiger partial charge in [-0.25, -0.2) is 35.2 Å². The number of aromatic carboxylic acids is 1. The van der Waals surface area contributed by atoms with Gasteiger partial charge in [-0.05, 0) is 60.7 Å². The number of hydrogen-bond acceptors (Lipinski definition) is 8. The Kier molecular flexibility index (Phi) is 9.19. The molecule has 242 valence electrons. The summed E-state index contributed by atoms with van der Waals surface area (Å²) in [5.41, 5.74) is -4.47. The highest BCUT2D eigenvalue weighted by Gasteiger charge is 2.35. The van der Waals surface area contributed by atoms with Crippen LogP contribution in [0.1, 0.15) is 26.3 Å². The van der Waals surface area contributed by atoms with Gasteiger partial charge in [0.25, 0.3) is 20.0 Å². The van der Waals surface area contributed by atoms with Crippen molar-refractivity contribution in [1.82, 2.24) is 0 Å². The Morgan fingerprint density at radius 2 is 1.30 bits per heavy atom. The van der Waals surface area contributed by atoms with E-state index < -0.39 is 104 Å². The van der Waals surface area contributed by atoms with Crippen LogP contribution in [0.5, 0.6) is 11.5 Å². The normalized spacial score (nSPS) is 12.0. The number of carbonyl (C=O) groups excluding carboxylic acids is 1. The molecule has 0 fully saturated rings. The summed E-state index contributed by atoms with van der Waals surface area (Å²) in [7, 11) is -9.58. The molecule has 4 rings (SSSR count). The number of halogens is 6. The zero-order valence-corrected chi connectivity index (χ0v) is 24.7. The summed E-state index contributed by atoms with van der Waals surface area (Å²) < 4.78 is 127. The van der Waals surface area contributed by atoms with E-state index >= 15 is 0 Å².